The third-order valence-corrected chi connectivity index (χ3v) is 4.11. The van der Waals surface area contributed by atoms with E-state index in [9.17, 15) is 0 Å². The summed E-state index contributed by atoms with van der Waals surface area (Å²) in [7, 11) is 0. The van der Waals surface area contributed by atoms with Gasteiger partial charge in [0.1, 0.15) is 0 Å². The lowest BCUT2D eigenvalue weighted by molar-refractivity contribution is 0.447. The molecule has 0 nitrogen and oxygen atoms in total. The monoisotopic (exact) mass is 288 g/mol. The van der Waals surface area contributed by atoms with Crippen molar-refractivity contribution in [2.75, 3.05) is 0 Å². The van der Waals surface area contributed by atoms with E-state index >= 15 is 0 Å². The average Bonchev–Trinajstić information content (AvgIpc) is 2.20. The van der Waals surface area contributed by atoms with E-state index in [1.807, 2.05) is 0 Å². The molecule has 0 spiro atoms. The molecule has 15 heavy (non-hydrogen) atoms. The standard InChI is InChI=1S/C13H18BrCl/c1-9(2)13(15)10(3)8-11-4-6-12(14)7-5-11/h4-7,9-10,13H,8H2,1-3H3. The van der Waals surface area contributed by atoms with Gasteiger partial charge in [0.25, 0.3) is 0 Å². The van der Waals surface area contributed by atoms with E-state index in [1.54, 1.807) is 0 Å². The van der Waals surface area contributed by atoms with Gasteiger partial charge in [-0.15, -0.1) is 11.6 Å². The summed E-state index contributed by atoms with van der Waals surface area (Å²) in [5, 5.41) is 0.258. The van der Waals surface area contributed by atoms with Gasteiger partial charge in [-0.3, -0.25) is 0 Å². The second kappa shape index (κ2) is 5.91. The van der Waals surface area contributed by atoms with Crippen LogP contribution >= 0.6 is 27.5 Å². The maximum absolute atomic E-state index is 6.34. The lowest BCUT2D eigenvalue weighted by atomic mass is 9.92. The summed E-state index contributed by atoms with van der Waals surface area (Å²) >= 11 is 9.78. The van der Waals surface area contributed by atoms with Crippen molar-refractivity contribution in [1.82, 2.24) is 0 Å². The van der Waals surface area contributed by atoms with Gasteiger partial charge in [-0.2, -0.15) is 0 Å². The summed E-state index contributed by atoms with van der Waals surface area (Å²) < 4.78 is 1.13. The van der Waals surface area contributed by atoms with Gasteiger partial charge in [-0.05, 0) is 36.0 Å². The lowest BCUT2D eigenvalue weighted by Gasteiger charge is -2.21. The van der Waals surface area contributed by atoms with E-state index in [2.05, 4.69) is 61.0 Å². The Labute approximate surface area is 106 Å². The van der Waals surface area contributed by atoms with Crippen molar-refractivity contribution in [3.05, 3.63) is 34.3 Å². The molecule has 0 aliphatic heterocycles. The molecule has 0 heterocycles. The highest BCUT2D eigenvalue weighted by atomic mass is 79.9. The van der Waals surface area contributed by atoms with Crippen LogP contribution in [-0.2, 0) is 6.42 Å². The van der Waals surface area contributed by atoms with Crippen LogP contribution in [0.15, 0.2) is 28.7 Å². The van der Waals surface area contributed by atoms with Crippen LogP contribution in [0.4, 0.5) is 0 Å². The van der Waals surface area contributed by atoms with Crippen LogP contribution in [0.25, 0.3) is 0 Å². The Bertz CT molecular complexity index is 292. The second-order valence-corrected chi connectivity index (χ2v) is 5.92. The maximum Gasteiger partial charge on any atom is 0.0387 e. The van der Waals surface area contributed by atoms with Crippen LogP contribution < -0.4 is 0 Å². The van der Waals surface area contributed by atoms with E-state index in [0.717, 1.165) is 10.9 Å². The van der Waals surface area contributed by atoms with Gasteiger partial charge in [-0.1, -0.05) is 48.8 Å². The normalized spacial score (nSPS) is 15.3. The summed E-state index contributed by atoms with van der Waals surface area (Å²) in [5.74, 6) is 1.06. The van der Waals surface area contributed by atoms with E-state index in [-0.39, 0.29) is 5.38 Å². The molecular formula is C13H18BrCl. The van der Waals surface area contributed by atoms with Crippen molar-refractivity contribution in [3.8, 4) is 0 Å². The zero-order valence-electron chi connectivity index (χ0n) is 9.50. The van der Waals surface area contributed by atoms with Crippen molar-refractivity contribution in [2.24, 2.45) is 11.8 Å². The van der Waals surface area contributed by atoms with Crippen molar-refractivity contribution < 1.29 is 0 Å². The minimum atomic E-state index is 0.258. The highest BCUT2D eigenvalue weighted by molar-refractivity contribution is 9.10. The first-order chi connectivity index (χ1) is 7.00. The Kier molecular flexibility index (Phi) is 5.14. The van der Waals surface area contributed by atoms with Crippen LogP contribution in [0.2, 0.25) is 0 Å². The Morgan fingerprint density at radius 3 is 2.13 bits per heavy atom. The first-order valence-electron chi connectivity index (χ1n) is 5.39. The predicted molar refractivity (Wildman–Crippen MR) is 71.5 cm³/mol. The number of hydrogen-bond donors (Lipinski definition) is 0. The van der Waals surface area contributed by atoms with Gasteiger partial charge < -0.3 is 0 Å². The Balaban J connectivity index is 2.58. The number of alkyl halides is 1. The first-order valence-corrected chi connectivity index (χ1v) is 6.62. The Morgan fingerprint density at radius 1 is 1.13 bits per heavy atom. The molecule has 2 heteroatoms. The smallest absolute Gasteiger partial charge is 0.0387 e. The SMILES string of the molecule is CC(C)C(Cl)C(C)Cc1ccc(Br)cc1. The van der Waals surface area contributed by atoms with Gasteiger partial charge in [0, 0.05) is 9.85 Å². The first kappa shape index (κ1) is 13.1. The quantitative estimate of drug-likeness (QED) is 0.692. The molecule has 2 atom stereocenters. The highest BCUT2D eigenvalue weighted by Crippen LogP contribution is 2.23. The van der Waals surface area contributed by atoms with Crippen molar-refractivity contribution in [1.29, 1.82) is 0 Å². The minimum absolute atomic E-state index is 0.258. The fraction of sp³-hybridized carbons (Fsp3) is 0.538. The molecule has 0 saturated heterocycles. The predicted octanol–water partition coefficient (Wildman–Crippen LogP) is 4.89. The zero-order valence-corrected chi connectivity index (χ0v) is 11.8. The van der Waals surface area contributed by atoms with Gasteiger partial charge in [0.2, 0.25) is 0 Å². The number of hydrogen-bond acceptors (Lipinski definition) is 0. The highest BCUT2D eigenvalue weighted by Gasteiger charge is 2.18. The Hall–Kier alpha value is -0.0100. The van der Waals surface area contributed by atoms with Gasteiger partial charge in [0.15, 0.2) is 0 Å². The topological polar surface area (TPSA) is 0 Å². The van der Waals surface area contributed by atoms with E-state index in [4.69, 9.17) is 11.6 Å². The molecule has 0 saturated carbocycles. The molecule has 1 aromatic carbocycles. The minimum Gasteiger partial charge on any atom is -0.122 e. The molecule has 0 aliphatic carbocycles. The molecule has 1 aromatic rings. The number of rotatable bonds is 4. The summed E-state index contributed by atoms with van der Waals surface area (Å²) in [6.07, 6.45) is 1.06. The van der Waals surface area contributed by atoms with E-state index in [1.165, 1.54) is 5.56 Å². The van der Waals surface area contributed by atoms with E-state index < -0.39 is 0 Å². The molecule has 0 amide bonds. The van der Waals surface area contributed by atoms with Crippen LogP contribution in [0, 0.1) is 11.8 Å². The molecular weight excluding hydrogens is 272 g/mol. The van der Waals surface area contributed by atoms with Crippen molar-refractivity contribution in [2.45, 2.75) is 32.6 Å². The fourth-order valence-corrected chi connectivity index (χ4v) is 2.12. The van der Waals surface area contributed by atoms with E-state index in [0.29, 0.717) is 11.8 Å². The molecule has 1 rings (SSSR count). The molecule has 84 valence electrons. The summed E-state index contributed by atoms with van der Waals surface area (Å²) in [5.41, 5.74) is 1.36. The van der Waals surface area contributed by atoms with Crippen LogP contribution in [0.5, 0.6) is 0 Å². The molecule has 0 radical (unpaired) electrons. The van der Waals surface area contributed by atoms with Gasteiger partial charge in [0.05, 0.1) is 0 Å². The summed E-state index contributed by atoms with van der Waals surface area (Å²) in [6.45, 7) is 6.57. The van der Waals surface area contributed by atoms with Gasteiger partial charge >= 0.3 is 0 Å². The van der Waals surface area contributed by atoms with Crippen molar-refractivity contribution in [3.63, 3.8) is 0 Å². The fourth-order valence-electron chi connectivity index (χ4n) is 1.76. The van der Waals surface area contributed by atoms with Crippen molar-refractivity contribution >= 4 is 27.5 Å². The van der Waals surface area contributed by atoms with Crippen LogP contribution in [0.1, 0.15) is 26.3 Å². The third-order valence-electron chi connectivity index (χ3n) is 2.65. The second-order valence-electron chi connectivity index (χ2n) is 4.50. The largest absolute Gasteiger partial charge is 0.122 e. The lowest BCUT2D eigenvalue weighted by Crippen LogP contribution is -2.19. The maximum atomic E-state index is 6.34. The molecule has 0 bridgehead atoms. The summed E-state index contributed by atoms with van der Waals surface area (Å²) in [4.78, 5) is 0. The molecule has 2 unspecified atom stereocenters. The van der Waals surface area contributed by atoms with Gasteiger partial charge in [-0.25, -0.2) is 0 Å². The molecule has 0 N–H and O–H groups in total. The molecule has 0 aliphatic rings. The zero-order chi connectivity index (χ0) is 11.4. The number of halogens is 2. The molecule has 0 aromatic heterocycles. The molecule has 0 fully saturated rings. The number of benzene rings is 1. The summed E-state index contributed by atoms with van der Waals surface area (Å²) in [6, 6.07) is 8.48. The Morgan fingerprint density at radius 2 is 1.67 bits per heavy atom. The van der Waals surface area contributed by atoms with Crippen LogP contribution in [-0.4, -0.2) is 5.38 Å². The van der Waals surface area contributed by atoms with Crippen LogP contribution in [0.3, 0.4) is 0 Å². The average molecular weight is 290 g/mol. The third kappa shape index (κ3) is 4.16.